The first-order valence-electron chi connectivity index (χ1n) is 9.88. The van der Waals surface area contributed by atoms with Crippen LogP contribution in [-0.2, 0) is 9.53 Å². The molecule has 1 aliphatic rings. The smallest absolute Gasteiger partial charge is 0.243 e. The summed E-state index contributed by atoms with van der Waals surface area (Å²) in [7, 11) is 3.40. The number of hydrogen-bond acceptors (Lipinski definition) is 5. The monoisotopic (exact) mass is 537 g/mol. The molecule has 10 heteroatoms. The van der Waals surface area contributed by atoms with Gasteiger partial charge in [0.1, 0.15) is 24.2 Å². The van der Waals surface area contributed by atoms with Gasteiger partial charge in [-0.3, -0.25) is 9.69 Å². The summed E-state index contributed by atoms with van der Waals surface area (Å²) in [5.41, 5.74) is 0. The minimum atomic E-state index is -0.336. The largest absolute Gasteiger partial charge is 0.489 e. The lowest BCUT2D eigenvalue weighted by Gasteiger charge is -2.27. The van der Waals surface area contributed by atoms with Crippen molar-refractivity contribution in [1.29, 1.82) is 0 Å². The Morgan fingerprint density at radius 2 is 2.07 bits per heavy atom. The number of rotatable bonds is 9. The highest BCUT2D eigenvalue weighted by molar-refractivity contribution is 14.0. The fraction of sp³-hybridized carbons (Fsp3) is 0.600. The Balaban J connectivity index is 0.00000450. The van der Waals surface area contributed by atoms with Gasteiger partial charge in [-0.05, 0) is 19.1 Å². The Bertz CT molecular complexity index is 672. The molecule has 0 saturated carbocycles. The molecule has 0 bridgehead atoms. The number of hydrogen-bond donors (Lipinski definition) is 2. The Kier molecular flexibility index (Phi) is 12.6. The van der Waals surface area contributed by atoms with Crippen LogP contribution in [0.25, 0.3) is 0 Å². The highest BCUT2D eigenvalue weighted by atomic mass is 127. The first kappa shape index (κ1) is 26.4. The third-order valence-electron chi connectivity index (χ3n) is 4.39. The molecule has 0 spiro atoms. The number of nitrogens with zero attached hydrogens (tertiary/aromatic N) is 3. The fourth-order valence-electron chi connectivity index (χ4n) is 2.67. The molecule has 1 aromatic carbocycles. The van der Waals surface area contributed by atoms with E-state index in [0.29, 0.717) is 24.8 Å². The molecular formula is C20H33FIN5O3. The predicted molar refractivity (Wildman–Crippen MR) is 126 cm³/mol. The Labute approximate surface area is 195 Å². The number of amides is 1. The van der Waals surface area contributed by atoms with Crippen LogP contribution >= 0.6 is 24.0 Å². The molecule has 1 unspecified atom stereocenters. The molecule has 1 aliphatic heterocycles. The second-order valence-electron chi connectivity index (χ2n) is 7.10. The van der Waals surface area contributed by atoms with Crippen LogP contribution in [0.3, 0.4) is 0 Å². The van der Waals surface area contributed by atoms with Gasteiger partial charge < -0.3 is 25.0 Å². The second-order valence-corrected chi connectivity index (χ2v) is 7.10. The van der Waals surface area contributed by atoms with Crippen molar-refractivity contribution < 1.29 is 18.7 Å². The highest BCUT2D eigenvalue weighted by Gasteiger charge is 2.11. The SMILES string of the molecule is CC(CNC(=NCC(=O)N(C)C)NCCN1CCOCC1)Oc1cccc(F)c1.I. The normalized spacial score (nSPS) is 15.7. The van der Waals surface area contributed by atoms with E-state index in [1.807, 2.05) is 6.92 Å². The van der Waals surface area contributed by atoms with Gasteiger partial charge in [-0.25, -0.2) is 9.38 Å². The molecular weight excluding hydrogens is 504 g/mol. The van der Waals surface area contributed by atoms with Crippen LogP contribution in [0.4, 0.5) is 4.39 Å². The minimum Gasteiger partial charge on any atom is -0.489 e. The van der Waals surface area contributed by atoms with Crippen LogP contribution in [0.2, 0.25) is 0 Å². The number of aliphatic imine (C=N–C) groups is 1. The average Bonchev–Trinajstić information content (AvgIpc) is 2.70. The van der Waals surface area contributed by atoms with E-state index in [-0.39, 0.29) is 48.3 Å². The maximum Gasteiger partial charge on any atom is 0.243 e. The fourth-order valence-corrected chi connectivity index (χ4v) is 2.67. The molecule has 1 saturated heterocycles. The van der Waals surface area contributed by atoms with Crippen molar-refractivity contribution in [3.05, 3.63) is 30.1 Å². The van der Waals surface area contributed by atoms with Crippen LogP contribution in [0, 0.1) is 5.82 Å². The Hall–Kier alpha value is -1.66. The number of guanidine groups is 1. The molecule has 30 heavy (non-hydrogen) atoms. The zero-order chi connectivity index (χ0) is 21.1. The summed E-state index contributed by atoms with van der Waals surface area (Å²) in [6.07, 6.45) is -0.215. The van der Waals surface area contributed by atoms with Crippen molar-refractivity contribution >= 4 is 35.8 Å². The number of nitrogens with one attached hydrogen (secondary N) is 2. The third-order valence-corrected chi connectivity index (χ3v) is 4.39. The maximum atomic E-state index is 13.3. The zero-order valence-electron chi connectivity index (χ0n) is 17.9. The van der Waals surface area contributed by atoms with Crippen molar-refractivity contribution in [1.82, 2.24) is 20.4 Å². The Morgan fingerprint density at radius 3 is 2.73 bits per heavy atom. The van der Waals surface area contributed by atoms with Gasteiger partial charge in [0, 0.05) is 46.3 Å². The van der Waals surface area contributed by atoms with E-state index in [2.05, 4.69) is 20.5 Å². The molecule has 1 fully saturated rings. The van der Waals surface area contributed by atoms with Crippen LogP contribution < -0.4 is 15.4 Å². The van der Waals surface area contributed by atoms with E-state index in [4.69, 9.17) is 9.47 Å². The number of likely N-dealkylation sites (N-methyl/N-ethyl adjacent to an activating group) is 1. The lowest BCUT2D eigenvalue weighted by Crippen LogP contribution is -2.46. The first-order valence-corrected chi connectivity index (χ1v) is 9.88. The molecule has 2 rings (SSSR count). The van der Waals surface area contributed by atoms with E-state index >= 15 is 0 Å². The van der Waals surface area contributed by atoms with E-state index in [9.17, 15) is 9.18 Å². The summed E-state index contributed by atoms with van der Waals surface area (Å²) >= 11 is 0. The maximum absolute atomic E-state index is 13.3. The van der Waals surface area contributed by atoms with Gasteiger partial charge in [0.15, 0.2) is 5.96 Å². The van der Waals surface area contributed by atoms with Gasteiger partial charge in [0.25, 0.3) is 0 Å². The zero-order valence-corrected chi connectivity index (χ0v) is 20.2. The molecule has 1 aromatic rings. The molecule has 2 N–H and O–H groups in total. The van der Waals surface area contributed by atoms with Gasteiger partial charge in [-0.2, -0.15) is 0 Å². The summed E-state index contributed by atoms with van der Waals surface area (Å²) in [6, 6.07) is 6.05. The van der Waals surface area contributed by atoms with Crippen molar-refractivity contribution in [2.75, 3.05) is 66.6 Å². The number of ether oxygens (including phenoxy) is 2. The highest BCUT2D eigenvalue weighted by Crippen LogP contribution is 2.13. The van der Waals surface area contributed by atoms with Gasteiger partial charge >= 0.3 is 0 Å². The van der Waals surface area contributed by atoms with Crippen LogP contribution in [-0.4, -0.2) is 94.3 Å². The molecule has 1 heterocycles. The second kappa shape index (κ2) is 14.4. The van der Waals surface area contributed by atoms with Crippen molar-refractivity contribution in [3.63, 3.8) is 0 Å². The standard InChI is InChI=1S/C20H32FN5O3.HI/c1-16(29-18-6-4-5-17(21)13-18)14-23-20(24-15-19(27)25(2)3)22-7-8-26-9-11-28-12-10-26;/h4-6,13,16H,7-12,14-15H2,1-3H3,(H2,22,23,24);1H. The van der Waals surface area contributed by atoms with Crippen LogP contribution in [0.15, 0.2) is 29.3 Å². The lowest BCUT2D eigenvalue weighted by atomic mass is 10.3. The van der Waals surface area contributed by atoms with Crippen molar-refractivity contribution in [3.8, 4) is 5.75 Å². The Morgan fingerprint density at radius 1 is 1.33 bits per heavy atom. The summed E-state index contributed by atoms with van der Waals surface area (Å²) < 4.78 is 24.4. The lowest BCUT2D eigenvalue weighted by molar-refractivity contribution is -0.127. The molecule has 1 amide bonds. The topological polar surface area (TPSA) is 78.4 Å². The van der Waals surface area contributed by atoms with Crippen LogP contribution in [0.5, 0.6) is 5.75 Å². The van der Waals surface area contributed by atoms with Gasteiger partial charge in [0.05, 0.1) is 19.8 Å². The minimum absolute atomic E-state index is 0. The van der Waals surface area contributed by atoms with Gasteiger partial charge in [-0.1, -0.05) is 6.07 Å². The third kappa shape index (κ3) is 10.4. The number of carbonyl (C=O) groups is 1. The quantitative estimate of drug-likeness (QED) is 0.280. The van der Waals surface area contributed by atoms with Gasteiger partial charge in [-0.15, -0.1) is 24.0 Å². The number of carbonyl (C=O) groups excluding carboxylic acids is 1. The molecule has 0 radical (unpaired) electrons. The molecule has 0 aliphatic carbocycles. The summed E-state index contributed by atoms with van der Waals surface area (Å²) in [6.45, 7) is 7.29. The van der Waals surface area contributed by atoms with Crippen molar-refractivity contribution in [2.45, 2.75) is 13.0 Å². The number of morpholine rings is 1. The predicted octanol–water partition coefficient (Wildman–Crippen LogP) is 1.17. The molecule has 8 nitrogen and oxygen atoms in total. The summed E-state index contributed by atoms with van der Waals surface area (Å²) in [5, 5.41) is 6.45. The van der Waals surface area contributed by atoms with E-state index in [1.54, 1.807) is 26.2 Å². The first-order chi connectivity index (χ1) is 13.9. The molecule has 0 aromatic heterocycles. The number of benzene rings is 1. The van der Waals surface area contributed by atoms with E-state index in [1.165, 1.54) is 17.0 Å². The molecule has 1 atom stereocenters. The van der Waals surface area contributed by atoms with Crippen LogP contribution in [0.1, 0.15) is 6.92 Å². The summed E-state index contributed by atoms with van der Waals surface area (Å²) in [5.74, 6) is 0.601. The average molecular weight is 537 g/mol. The van der Waals surface area contributed by atoms with E-state index in [0.717, 1.165) is 32.8 Å². The van der Waals surface area contributed by atoms with Gasteiger partial charge in [0.2, 0.25) is 5.91 Å². The molecule has 170 valence electrons. The number of halogens is 2. The van der Waals surface area contributed by atoms with Crippen molar-refractivity contribution in [2.24, 2.45) is 4.99 Å². The summed E-state index contributed by atoms with van der Waals surface area (Å²) in [4.78, 5) is 20.0. The van der Waals surface area contributed by atoms with E-state index < -0.39 is 0 Å².